The minimum Gasteiger partial charge on any atom is -0.465 e. The second kappa shape index (κ2) is 6.45. The number of nitrogens with zero attached hydrogens (tertiary/aromatic N) is 3. The number of aryl methyl sites for hydroxylation is 4. The van der Waals surface area contributed by atoms with E-state index in [1.54, 1.807) is 11.3 Å². The zero-order valence-electron chi connectivity index (χ0n) is 14.2. The summed E-state index contributed by atoms with van der Waals surface area (Å²) in [4.78, 5) is 28.0. The Morgan fingerprint density at radius 3 is 2.50 bits per heavy atom. The molecule has 0 amide bonds. The number of anilines is 1. The molecule has 0 aromatic carbocycles. The number of fused-ring (bicyclic) bond motifs is 1. The average Bonchev–Trinajstić information content (AvgIpc) is 3.03. The quantitative estimate of drug-likeness (QED) is 0.712. The molecule has 0 saturated carbocycles. The van der Waals surface area contributed by atoms with Gasteiger partial charge in [-0.15, -0.1) is 22.7 Å². The van der Waals surface area contributed by atoms with E-state index in [2.05, 4.69) is 27.2 Å². The van der Waals surface area contributed by atoms with Crippen molar-refractivity contribution in [2.45, 2.75) is 34.2 Å². The standard InChI is InChI=1S/C16H18N4O2S2/c1-7-12-14(17-6-11-8(2)23-10(4)20-11)18-9(3)19-15(12)24-13(7)16(21)22-5/h6H2,1-5H3,(H,17,18,19). The van der Waals surface area contributed by atoms with Gasteiger partial charge in [-0.25, -0.2) is 19.7 Å². The summed E-state index contributed by atoms with van der Waals surface area (Å²) in [6.07, 6.45) is 0. The Morgan fingerprint density at radius 1 is 1.12 bits per heavy atom. The summed E-state index contributed by atoms with van der Waals surface area (Å²) in [7, 11) is 1.38. The lowest BCUT2D eigenvalue weighted by atomic mass is 10.2. The first-order chi connectivity index (χ1) is 11.4. The van der Waals surface area contributed by atoms with E-state index in [-0.39, 0.29) is 5.97 Å². The van der Waals surface area contributed by atoms with Crippen LogP contribution in [-0.4, -0.2) is 28.0 Å². The molecular formula is C16H18N4O2S2. The molecular weight excluding hydrogens is 344 g/mol. The van der Waals surface area contributed by atoms with Crippen LogP contribution in [0.5, 0.6) is 0 Å². The first-order valence-electron chi connectivity index (χ1n) is 7.43. The van der Waals surface area contributed by atoms with Crippen LogP contribution in [0.3, 0.4) is 0 Å². The van der Waals surface area contributed by atoms with E-state index in [9.17, 15) is 4.79 Å². The van der Waals surface area contributed by atoms with Gasteiger partial charge < -0.3 is 10.1 Å². The number of aromatic nitrogens is 3. The Balaban J connectivity index is 2.02. The lowest BCUT2D eigenvalue weighted by Crippen LogP contribution is -2.05. The maximum absolute atomic E-state index is 11.9. The van der Waals surface area contributed by atoms with E-state index in [0.717, 1.165) is 32.3 Å². The Labute approximate surface area is 147 Å². The van der Waals surface area contributed by atoms with Gasteiger partial charge in [-0.2, -0.15) is 0 Å². The van der Waals surface area contributed by atoms with E-state index in [1.807, 2.05) is 20.8 Å². The van der Waals surface area contributed by atoms with Crippen molar-refractivity contribution in [1.82, 2.24) is 15.0 Å². The third kappa shape index (κ3) is 2.99. The topological polar surface area (TPSA) is 77.0 Å². The molecule has 3 aromatic heterocycles. The third-order valence-corrected chi connectivity index (χ3v) is 5.79. The molecule has 3 rings (SSSR count). The molecule has 0 atom stereocenters. The van der Waals surface area contributed by atoms with E-state index in [4.69, 9.17) is 4.74 Å². The Bertz CT molecular complexity index is 930. The molecule has 0 aliphatic heterocycles. The van der Waals surface area contributed by atoms with E-state index in [1.165, 1.54) is 23.3 Å². The van der Waals surface area contributed by atoms with Crippen molar-refractivity contribution < 1.29 is 9.53 Å². The number of hydrogen-bond donors (Lipinski definition) is 1. The maximum atomic E-state index is 11.9. The molecule has 1 N–H and O–H groups in total. The zero-order valence-corrected chi connectivity index (χ0v) is 15.8. The largest absolute Gasteiger partial charge is 0.465 e. The van der Waals surface area contributed by atoms with Gasteiger partial charge in [-0.1, -0.05) is 0 Å². The van der Waals surface area contributed by atoms with Gasteiger partial charge in [0.2, 0.25) is 0 Å². The second-order valence-corrected chi connectivity index (χ2v) is 7.84. The number of ether oxygens (including phenoxy) is 1. The Morgan fingerprint density at radius 2 is 1.88 bits per heavy atom. The fourth-order valence-electron chi connectivity index (χ4n) is 2.56. The molecule has 0 radical (unpaired) electrons. The number of rotatable bonds is 4. The Hall–Kier alpha value is -2.06. The molecule has 3 heterocycles. The molecule has 24 heavy (non-hydrogen) atoms. The molecule has 6 nitrogen and oxygen atoms in total. The fourth-order valence-corrected chi connectivity index (χ4v) is 4.54. The van der Waals surface area contributed by atoms with Crippen LogP contribution >= 0.6 is 22.7 Å². The van der Waals surface area contributed by atoms with Gasteiger partial charge in [0.25, 0.3) is 0 Å². The first-order valence-corrected chi connectivity index (χ1v) is 9.06. The normalized spacial score (nSPS) is 11.0. The summed E-state index contributed by atoms with van der Waals surface area (Å²) in [6, 6.07) is 0. The van der Waals surface area contributed by atoms with Crippen LogP contribution in [0, 0.1) is 27.7 Å². The molecule has 0 unspecified atom stereocenters. The number of methoxy groups -OCH3 is 1. The van der Waals surface area contributed by atoms with Crippen LogP contribution in [0.4, 0.5) is 5.82 Å². The summed E-state index contributed by atoms with van der Waals surface area (Å²) in [6.45, 7) is 8.39. The average molecular weight is 362 g/mol. The predicted molar refractivity (Wildman–Crippen MR) is 97.1 cm³/mol. The highest BCUT2D eigenvalue weighted by molar-refractivity contribution is 7.20. The van der Waals surface area contributed by atoms with Gasteiger partial charge in [0.15, 0.2) is 0 Å². The number of hydrogen-bond acceptors (Lipinski definition) is 8. The van der Waals surface area contributed by atoms with Crippen LogP contribution in [0.2, 0.25) is 0 Å². The van der Waals surface area contributed by atoms with Crippen molar-refractivity contribution in [3.8, 4) is 0 Å². The number of carbonyl (C=O) groups is 1. The molecule has 0 saturated heterocycles. The number of thiophene rings is 1. The van der Waals surface area contributed by atoms with E-state index < -0.39 is 0 Å². The molecule has 0 bridgehead atoms. The lowest BCUT2D eigenvalue weighted by Gasteiger charge is -2.08. The molecule has 0 fully saturated rings. The van der Waals surface area contributed by atoms with Crippen molar-refractivity contribution in [2.75, 3.05) is 12.4 Å². The first kappa shape index (κ1) is 16.8. The summed E-state index contributed by atoms with van der Waals surface area (Å²) in [5.41, 5.74) is 1.86. The monoisotopic (exact) mass is 362 g/mol. The third-order valence-electron chi connectivity index (χ3n) is 3.70. The highest BCUT2D eigenvalue weighted by Crippen LogP contribution is 2.34. The highest BCUT2D eigenvalue weighted by Gasteiger charge is 2.20. The number of carbonyl (C=O) groups excluding carboxylic acids is 1. The van der Waals surface area contributed by atoms with Gasteiger partial charge in [-0.3, -0.25) is 0 Å². The van der Waals surface area contributed by atoms with Crippen LogP contribution in [0.1, 0.15) is 36.6 Å². The van der Waals surface area contributed by atoms with Crippen LogP contribution < -0.4 is 5.32 Å². The number of nitrogens with one attached hydrogen (secondary N) is 1. The van der Waals surface area contributed by atoms with Crippen molar-refractivity contribution in [3.63, 3.8) is 0 Å². The van der Waals surface area contributed by atoms with Crippen LogP contribution in [0.15, 0.2) is 0 Å². The molecule has 0 spiro atoms. The van der Waals surface area contributed by atoms with E-state index in [0.29, 0.717) is 17.2 Å². The van der Waals surface area contributed by atoms with Crippen molar-refractivity contribution >= 4 is 44.7 Å². The van der Waals surface area contributed by atoms with Gasteiger partial charge in [0.05, 0.1) is 29.7 Å². The predicted octanol–water partition coefficient (Wildman–Crippen LogP) is 3.78. The summed E-state index contributed by atoms with van der Waals surface area (Å²) >= 11 is 3.02. The second-order valence-electron chi connectivity index (χ2n) is 5.44. The van der Waals surface area contributed by atoms with Crippen molar-refractivity contribution in [3.05, 3.63) is 31.8 Å². The summed E-state index contributed by atoms with van der Waals surface area (Å²) in [5.74, 6) is 1.05. The van der Waals surface area contributed by atoms with Gasteiger partial charge in [0, 0.05) is 4.88 Å². The van der Waals surface area contributed by atoms with Gasteiger partial charge in [0.1, 0.15) is 21.3 Å². The smallest absolute Gasteiger partial charge is 0.348 e. The highest BCUT2D eigenvalue weighted by atomic mass is 32.1. The SMILES string of the molecule is COC(=O)c1sc2nc(C)nc(NCc3nc(C)sc3C)c2c1C. The minimum atomic E-state index is -0.343. The van der Waals surface area contributed by atoms with Gasteiger partial charge in [-0.05, 0) is 33.3 Å². The molecule has 0 aliphatic carbocycles. The van der Waals surface area contributed by atoms with Gasteiger partial charge >= 0.3 is 5.97 Å². The Kier molecular flexibility index (Phi) is 4.51. The zero-order chi connectivity index (χ0) is 17.4. The molecule has 0 aliphatic rings. The van der Waals surface area contributed by atoms with Crippen molar-refractivity contribution in [1.29, 1.82) is 0 Å². The molecule has 8 heteroatoms. The number of thiazole rings is 1. The van der Waals surface area contributed by atoms with E-state index >= 15 is 0 Å². The lowest BCUT2D eigenvalue weighted by molar-refractivity contribution is 0.0605. The molecule has 3 aromatic rings. The maximum Gasteiger partial charge on any atom is 0.348 e. The van der Waals surface area contributed by atoms with Crippen LogP contribution in [-0.2, 0) is 11.3 Å². The fraction of sp³-hybridized carbons (Fsp3) is 0.375. The number of esters is 1. The molecule has 126 valence electrons. The summed E-state index contributed by atoms with van der Waals surface area (Å²) in [5, 5.41) is 5.28. The summed E-state index contributed by atoms with van der Waals surface area (Å²) < 4.78 is 4.86. The van der Waals surface area contributed by atoms with Crippen LogP contribution in [0.25, 0.3) is 10.2 Å². The van der Waals surface area contributed by atoms with Crippen molar-refractivity contribution in [2.24, 2.45) is 0 Å². The minimum absolute atomic E-state index is 0.343.